The minimum atomic E-state index is -0.102. The summed E-state index contributed by atoms with van der Waals surface area (Å²) in [6.45, 7) is 2.89. The molecule has 0 saturated heterocycles. The normalized spacial score (nSPS) is 12.5. The molecule has 2 aromatic rings. The molecule has 0 spiro atoms. The van der Waals surface area contributed by atoms with Gasteiger partial charge >= 0.3 is 0 Å². The lowest BCUT2D eigenvalue weighted by atomic mass is 10.1. The molecule has 3 N–H and O–H groups in total. The van der Waals surface area contributed by atoms with E-state index >= 15 is 0 Å². The molecule has 0 saturated carbocycles. The molecule has 2 heterocycles. The van der Waals surface area contributed by atoms with Crippen LogP contribution in [0.1, 0.15) is 19.2 Å². The van der Waals surface area contributed by atoms with Crippen molar-refractivity contribution >= 4 is 11.6 Å². The van der Waals surface area contributed by atoms with Gasteiger partial charge in [-0.2, -0.15) is 0 Å². The minimum absolute atomic E-state index is 0.0128. The number of hydrogen-bond acceptors (Lipinski definition) is 4. The van der Waals surface area contributed by atoms with Crippen LogP contribution in [0.15, 0.2) is 24.4 Å². The molecule has 1 atom stereocenters. The zero-order valence-corrected chi connectivity index (χ0v) is 11.0. The number of carbonyl (C=O) groups is 1. The summed E-state index contributed by atoms with van der Waals surface area (Å²) >= 11 is 0. The van der Waals surface area contributed by atoms with Crippen molar-refractivity contribution in [3.63, 3.8) is 0 Å². The summed E-state index contributed by atoms with van der Waals surface area (Å²) in [5.41, 5.74) is 6.35. The molecule has 1 unspecified atom stereocenters. The van der Waals surface area contributed by atoms with Crippen LogP contribution in [0.25, 0.3) is 5.65 Å². The van der Waals surface area contributed by atoms with Gasteiger partial charge in [-0.15, -0.1) is 10.2 Å². The highest BCUT2D eigenvalue weighted by atomic mass is 16.1. The Morgan fingerprint density at radius 2 is 2.32 bits per heavy atom. The molecule has 0 aliphatic rings. The second kappa shape index (κ2) is 6.29. The Kier molecular flexibility index (Phi) is 4.46. The molecule has 6 heteroatoms. The smallest absolute Gasteiger partial charge is 0.224 e. The predicted molar refractivity (Wildman–Crippen MR) is 72.5 cm³/mol. The van der Waals surface area contributed by atoms with Crippen molar-refractivity contribution in [3.8, 4) is 0 Å². The van der Waals surface area contributed by atoms with Gasteiger partial charge in [0.15, 0.2) is 5.65 Å². The average Bonchev–Trinajstić information content (AvgIpc) is 2.84. The minimum Gasteiger partial charge on any atom is -0.355 e. The van der Waals surface area contributed by atoms with Crippen LogP contribution in [0.2, 0.25) is 0 Å². The van der Waals surface area contributed by atoms with Gasteiger partial charge in [0, 0.05) is 31.6 Å². The molecule has 0 fully saturated rings. The standard InChI is InChI=1S/C13H19N5O/c1-2-10(9-14)13(19)15-7-6-12-17-16-11-5-3-4-8-18(11)12/h3-5,8,10H,2,6-7,9,14H2,1H3,(H,15,19). The zero-order valence-electron chi connectivity index (χ0n) is 11.0. The van der Waals surface area contributed by atoms with Gasteiger partial charge in [-0.3, -0.25) is 9.20 Å². The molecule has 19 heavy (non-hydrogen) atoms. The maximum absolute atomic E-state index is 11.8. The van der Waals surface area contributed by atoms with Crippen molar-refractivity contribution in [1.82, 2.24) is 19.9 Å². The summed E-state index contributed by atoms with van der Waals surface area (Å²) in [6, 6.07) is 5.75. The zero-order chi connectivity index (χ0) is 13.7. The first kappa shape index (κ1) is 13.5. The Morgan fingerprint density at radius 3 is 3.05 bits per heavy atom. The van der Waals surface area contributed by atoms with Gasteiger partial charge < -0.3 is 11.1 Å². The fraction of sp³-hybridized carbons (Fsp3) is 0.462. The third-order valence-corrected chi connectivity index (χ3v) is 3.18. The molecule has 102 valence electrons. The van der Waals surface area contributed by atoms with E-state index in [4.69, 9.17) is 5.73 Å². The quantitative estimate of drug-likeness (QED) is 0.787. The summed E-state index contributed by atoms with van der Waals surface area (Å²) in [6.07, 6.45) is 3.33. The van der Waals surface area contributed by atoms with Crippen molar-refractivity contribution in [2.75, 3.05) is 13.1 Å². The van der Waals surface area contributed by atoms with Crippen LogP contribution in [0.5, 0.6) is 0 Å². The molecule has 0 radical (unpaired) electrons. The van der Waals surface area contributed by atoms with E-state index in [0.717, 1.165) is 17.9 Å². The van der Waals surface area contributed by atoms with Crippen LogP contribution in [-0.4, -0.2) is 33.6 Å². The third kappa shape index (κ3) is 3.08. The van der Waals surface area contributed by atoms with Crippen LogP contribution in [0.3, 0.4) is 0 Å². The monoisotopic (exact) mass is 261 g/mol. The highest BCUT2D eigenvalue weighted by Gasteiger charge is 2.14. The Morgan fingerprint density at radius 1 is 1.47 bits per heavy atom. The molecule has 1 amide bonds. The second-order valence-electron chi connectivity index (χ2n) is 4.43. The van der Waals surface area contributed by atoms with Crippen molar-refractivity contribution in [1.29, 1.82) is 0 Å². The van der Waals surface area contributed by atoms with E-state index in [1.54, 1.807) is 0 Å². The molecule has 0 aliphatic carbocycles. The molecule has 0 bridgehead atoms. The lowest BCUT2D eigenvalue weighted by Gasteiger charge is -2.12. The fourth-order valence-electron chi connectivity index (χ4n) is 1.96. The highest BCUT2D eigenvalue weighted by Crippen LogP contribution is 2.03. The molecule has 2 rings (SSSR count). The lowest BCUT2D eigenvalue weighted by Crippen LogP contribution is -2.35. The largest absolute Gasteiger partial charge is 0.355 e. The summed E-state index contributed by atoms with van der Waals surface area (Å²) in [4.78, 5) is 11.8. The first-order valence-electron chi connectivity index (χ1n) is 6.52. The van der Waals surface area contributed by atoms with Gasteiger partial charge in [-0.1, -0.05) is 13.0 Å². The van der Waals surface area contributed by atoms with Gasteiger partial charge in [0.2, 0.25) is 5.91 Å². The van der Waals surface area contributed by atoms with Crippen molar-refractivity contribution in [3.05, 3.63) is 30.2 Å². The molecular formula is C13H19N5O. The first-order chi connectivity index (χ1) is 9.26. The van der Waals surface area contributed by atoms with E-state index < -0.39 is 0 Å². The third-order valence-electron chi connectivity index (χ3n) is 3.18. The number of aromatic nitrogens is 3. The lowest BCUT2D eigenvalue weighted by molar-refractivity contribution is -0.124. The molecule has 6 nitrogen and oxygen atoms in total. The number of nitrogens with two attached hydrogens (primary N) is 1. The number of rotatable bonds is 6. The van der Waals surface area contributed by atoms with Gasteiger partial charge in [0.1, 0.15) is 5.82 Å². The summed E-state index contributed by atoms with van der Waals surface area (Å²) < 4.78 is 1.92. The predicted octanol–water partition coefficient (Wildman–Crippen LogP) is 0.373. The summed E-state index contributed by atoms with van der Waals surface area (Å²) in [5.74, 6) is 0.755. The van der Waals surface area contributed by atoms with Crippen LogP contribution in [0, 0.1) is 5.92 Å². The number of fused-ring (bicyclic) bond motifs is 1. The maximum Gasteiger partial charge on any atom is 0.224 e. The molecule has 0 aliphatic heterocycles. The van der Waals surface area contributed by atoms with E-state index in [1.165, 1.54) is 0 Å². The topological polar surface area (TPSA) is 85.3 Å². The van der Waals surface area contributed by atoms with Gasteiger partial charge in [0.05, 0.1) is 0 Å². The number of carbonyl (C=O) groups excluding carboxylic acids is 1. The van der Waals surface area contributed by atoms with E-state index in [-0.39, 0.29) is 11.8 Å². The van der Waals surface area contributed by atoms with Crippen molar-refractivity contribution in [2.45, 2.75) is 19.8 Å². The maximum atomic E-state index is 11.8. The number of amides is 1. The van der Waals surface area contributed by atoms with Crippen LogP contribution in [0.4, 0.5) is 0 Å². The van der Waals surface area contributed by atoms with E-state index in [9.17, 15) is 4.79 Å². The number of pyridine rings is 1. The van der Waals surface area contributed by atoms with Gasteiger partial charge in [0.25, 0.3) is 0 Å². The summed E-state index contributed by atoms with van der Waals surface area (Å²) in [5, 5.41) is 11.1. The Hall–Kier alpha value is -1.95. The SMILES string of the molecule is CCC(CN)C(=O)NCCc1nnc2ccccn12. The number of nitrogens with zero attached hydrogens (tertiary/aromatic N) is 3. The van der Waals surface area contributed by atoms with Crippen molar-refractivity contribution < 1.29 is 4.79 Å². The van der Waals surface area contributed by atoms with E-state index in [0.29, 0.717) is 19.5 Å². The van der Waals surface area contributed by atoms with Crippen LogP contribution < -0.4 is 11.1 Å². The Balaban J connectivity index is 1.91. The van der Waals surface area contributed by atoms with Crippen LogP contribution in [-0.2, 0) is 11.2 Å². The summed E-state index contributed by atoms with van der Waals surface area (Å²) in [7, 11) is 0. The van der Waals surface area contributed by atoms with Gasteiger partial charge in [-0.05, 0) is 18.6 Å². The van der Waals surface area contributed by atoms with E-state index in [1.807, 2.05) is 35.7 Å². The Labute approximate surface area is 112 Å². The van der Waals surface area contributed by atoms with E-state index in [2.05, 4.69) is 15.5 Å². The number of hydrogen-bond donors (Lipinski definition) is 2. The Bertz CT molecular complexity index is 547. The van der Waals surface area contributed by atoms with Crippen LogP contribution >= 0.6 is 0 Å². The molecular weight excluding hydrogens is 242 g/mol. The first-order valence-corrected chi connectivity index (χ1v) is 6.52. The fourth-order valence-corrected chi connectivity index (χ4v) is 1.96. The van der Waals surface area contributed by atoms with Crippen molar-refractivity contribution in [2.24, 2.45) is 11.7 Å². The average molecular weight is 261 g/mol. The second-order valence-corrected chi connectivity index (χ2v) is 4.43. The molecule has 2 aromatic heterocycles. The number of nitrogens with one attached hydrogen (secondary N) is 1. The van der Waals surface area contributed by atoms with Gasteiger partial charge in [-0.25, -0.2) is 0 Å². The molecule has 0 aromatic carbocycles. The highest BCUT2D eigenvalue weighted by molar-refractivity contribution is 5.78.